The van der Waals surface area contributed by atoms with Crippen molar-refractivity contribution < 1.29 is 14.2 Å². The summed E-state index contributed by atoms with van der Waals surface area (Å²) in [5, 5.41) is 0. The van der Waals surface area contributed by atoms with E-state index in [4.69, 9.17) is 47.9 Å². The van der Waals surface area contributed by atoms with Gasteiger partial charge < -0.3 is 4.52 Å². The molecule has 0 aromatic rings. The molecule has 162 valence electrons. The quantitative estimate of drug-likeness (QED) is 0.165. The highest BCUT2D eigenvalue weighted by Crippen LogP contribution is 2.83. The Morgan fingerprint density at radius 3 is 1.89 bits per heavy atom. The van der Waals surface area contributed by atoms with E-state index in [0.717, 1.165) is 57.8 Å². The summed E-state index contributed by atoms with van der Waals surface area (Å²) in [5.41, 5.74) is 0. The summed E-state index contributed by atoms with van der Waals surface area (Å²) in [6, 6.07) is 0. The zero-order chi connectivity index (χ0) is 20.1. The first kappa shape index (κ1) is 26.8. The van der Waals surface area contributed by atoms with Crippen LogP contribution >= 0.6 is 55.7 Å². The average Bonchev–Trinajstić information content (AvgIpc) is 2.62. The van der Waals surface area contributed by atoms with E-state index in [0.29, 0.717) is 19.8 Å². The van der Waals surface area contributed by atoms with Gasteiger partial charge in [-0.25, -0.2) is 0 Å². The molecule has 6 nitrogen and oxygen atoms in total. The van der Waals surface area contributed by atoms with Gasteiger partial charge in [0.05, 0.1) is 19.8 Å². The Hall–Kier alpha value is 1.76. The lowest BCUT2D eigenvalue weighted by molar-refractivity contribution is -0.0641. The van der Waals surface area contributed by atoms with Crippen molar-refractivity contribution in [2.24, 2.45) is 4.52 Å². The molecule has 12 heteroatoms. The highest BCUT2D eigenvalue weighted by molar-refractivity contribution is 8.14. The molecular formula is C15H33Cl3N3O3P3. The first-order valence-electron chi connectivity index (χ1n) is 9.74. The average molecular weight is 503 g/mol. The first-order chi connectivity index (χ1) is 13.0. The standard InChI is InChI=1S/C15H33Cl3N3O3P3/c1-4-7-10-13-22-20-25(16)19-27(17,18)21(23-14-11-8-5-2)26(20)24-15-12-9-6-3/h4-15H2,1-3H3. The molecule has 1 rings (SSSR count). The van der Waals surface area contributed by atoms with E-state index in [-0.39, 0.29) is 0 Å². The number of hydrogen-bond donors (Lipinski definition) is 0. The van der Waals surface area contributed by atoms with E-state index in [1.165, 1.54) is 4.60 Å². The third kappa shape index (κ3) is 10.1. The Bertz CT molecular complexity index is 449. The second kappa shape index (κ2) is 15.5. The zero-order valence-electron chi connectivity index (χ0n) is 16.5. The van der Waals surface area contributed by atoms with Gasteiger partial charge in [-0.05, 0) is 53.0 Å². The summed E-state index contributed by atoms with van der Waals surface area (Å²) >= 11 is 19.5. The first-order valence-corrected chi connectivity index (χ1v) is 16.6. The Morgan fingerprint density at radius 1 is 0.815 bits per heavy atom. The largest absolute Gasteiger partial charge is 0.328 e. The molecule has 1 aliphatic rings. The third-order valence-electron chi connectivity index (χ3n) is 3.69. The van der Waals surface area contributed by atoms with Crippen LogP contribution in [0.15, 0.2) is 4.52 Å². The zero-order valence-corrected chi connectivity index (χ0v) is 21.5. The predicted molar refractivity (Wildman–Crippen MR) is 121 cm³/mol. The van der Waals surface area contributed by atoms with Crippen molar-refractivity contribution >= 4 is 55.7 Å². The van der Waals surface area contributed by atoms with Crippen LogP contribution in [-0.4, -0.2) is 29.0 Å². The van der Waals surface area contributed by atoms with Crippen LogP contribution in [-0.2, 0) is 14.2 Å². The van der Waals surface area contributed by atoms with E-state index in [1.807, 2.05) is 0 Å². The van der Waals surface area contributed by atoms with Crippen molar-refractivity contribution in [2.75, 3.05) is 19.8 Å². The second-order valence-corrected chi connectivity index (χ2v) is 15.4. The van der Waals surface area contributed by atoms with Gasteiger partial charge >= 0.3 is 0 Å². The van der Waals surface area contributed by atoms with Crippen LogP contribution in [0.5, 0.6) is 0 Å². The van der Waals surface area contributed by atoms with Crippen molar-refractivity contribution in [2.45, 2.75) is 78.6 Å². The molecule has 0 saturated carbocycles. The summed E-state index contributed by atoms with van der Waals surface area (Å²) in [4.78, 5) is 11.9. The summed E-state index contributed by atoms with van der Waals surface area (Å²) in [5.74, 6) is -2.89. The fourth-order valence-electron chi connectivity index (χ4n) is 2.19. The van der Waals surface area contributed by atoms with Crippen molar-refractivity contribution in [1.29, 1.82) is 0 Å². The SMILES string of the molecule is CCCCCON1P(Cl)N=P(Cl)(Cl)N(OCCCCC)P1OCCCCC. The molecule has 0 aromatic heterocycles. The molecule has 0 fully saturated rings. The summed E-state index contributed by atoms with van der Waals surface area (Å²) < 4.78 is 13.7. The molecule has 0 bridgehead atoms. The lowest BCUT2D eigenvalue weighted by atomic mass is 10.3. The van der Waals surface area contributed by atoms with E-state index in [1.54, 1.807) is 4.60 Å². The molecule has 0 N–H and O–H groups in total. The second-order valence-electron chi connectivity index (χ2n) is 6.16. The number of nitrogens with zero attached hydrogens (tertiary/aromatic N) is 3. The summed E-state index contributed by atoms with van der Waals surface area (Å²) in [6.07, 6.45) is 9.45. The Balaban J connectivity index is 2.84. The number of halogens is 3. The van der Waals surface area contributed by atoms with Crippen LogP contribution in [0.25, 0.3) is 0 Å². The summed E-state index contributed by atoms with van der Waals surface area (Å²) in [7, 11) is -2.97. The minimum Gasteiger partial charge on any atom is -0.328 e. The maximum absolute atomic E-state index is 6.53. The fraction of sp³-hybridized carbons (Fsp3) is 1.00. The number of unbranched alkanes of at least 4 members (excludes halogenated alkanes) is 6. The van der Waals surface area contributed by atoms with Crippen LogP contribution < -0.4 is 0 Å². The van der Waals surface area contributed by atoms with Crippen molar-refractivity contribution in [3.05, 3.63) is 0 Å². The van der Waals surface area contributed by atoms with Gasteiger partial charge in [0.1, 0.15) is 0 Å². The van der Waals surface area contributed by atoms with Gasteiger partial charge in [0.25, 0.3) is 8.45 Å². The molecule has 0 saturated heterocycles. The lowest BCUT2D eigenvalue weighted by Gasteiger charge is -2.41. The van der Waals surface area contributed by atoms with Crippen molar-refractivity contribution in [3.8, 4) is 0 Å². The molecule has 0 aliphatic carbocycles. The summed E-state index contributed by atoms with van der Waals surface area (Å²) in [6.45, 7) is 8.12. The molecule has 0 amide bonds. The molecule has 1 aliphatic heterocycles. The molecule has 2 atom stereocenters. The molecule has 0 aromatic carbocycles. The monoisotopic (exact) mass is 501 g/mol. The van der Waals surface area contributed by atoms with E-state index >= 15 is 0 Å². The van der Waals surface area contributed by atoms with Crippen LogP contribution in [0.1, 0.15) is 78.6 Å². The van der Waals surface area contributed by atoms with E-state index < -0.39 is 21.9 Å². The Kier molecular flexibility index (Phi) is 15.4. The van der Waals surface area contributed by atoms with Crippen molar-refractivity contribution in [3.63, 3.8) is 0 Å². The molecule has 27 heavy (non-hydrogen) atoms. The number of rotatable bonds is 15. The molecule has 0 spiro atoms. The fourth-order valence-corrected chi connectivity index (χ4v) is 12.3. The normalized spacial score (nSPS) is 23.5. The van der Waals surface area contributed by atoms with Crippen LogP contribution in [0.3, 0.4) is 0 Å². The van der Waals surface area contributed by atoms with E-state index in [2.05, 4.69) is 25.3 Å². The molecule has 1 heterocycles. The van der Waals surface area contributed by atoms with Gasteiger partial charge in [-0.3, -0.25) is 9.68 Å². The maximum Gasteiger partial charge on any atom is 0.252 e. The molecular weight excluding hydrogens is 469 g/mol. The molecule has 2 unspecified atom stereocenters. The smallest absolute Gasteiger partial charge is 0.252 e. The van der Waals surface area contributed by atoms with Gasteiger partial charge in [0.15, 0.2) is 0 Å². The van der Waals surface area contributed by atoms with Gasteiger partial charge in [-0.1, -0.05) is 68.5 Å². The maximum atomic E-state index is 6.53. The van der Waals surface area contributed by atoms with Gasteiger partial charge in [-0.2, -0.15) is 4.52 Å². The lowest BCUT2D eigenvalue weighted by Crippen LogP contribution is -2.26. The topological polar surface area (TPSA) is 46.5 Å². The Labute approximate surface area is 181 Å². The third-order valence-corrected chi connectivity index (χ3v) is 13.5. The van der Waals surface area contributed by atoms with Crippen LogP contribution in [0, 0.1) is 0 Å². The highest BCUT2D eigenvalue weighted by atomic mass is 35.9. The molecule has 0 radical (unpaired) electrons. The van der Waals surface area contributed by atoms with Gasteiger partial charge in [-0.15, -0.1) is 0 Å². The Morgan fingerprint density at radius 2 is 1.33 bits per heavy atom. The van der Waals surface area contributed by atoms with Crippen LogP contribution in [0.2, 0.25) is 0 Å². The van der Waals surface area contributed by atoms with Crippen LogP contribution in [0.4, 0.5) is 0 Å². The predicted octanol–water partition coefficient (Wildman–Crippen LogP) is 9.17. The van der Waals surface area contributed by atoms with E-state index in [9.17, 15) is 0 Å². The van der Waals surface area contributed by atoms with Crippen molar-refractivity contribution in [1.82, 2.24) is 9.21 Å². The highest BCUT2D eigenvalue weighted by Gasteiger charge is 2.47. The number of hydrogen-bond acceptors (Lipinski definition) is 6. The van der Waals surface area contributed by atoms with Gasteiger partial charge in [0.2, 0.25) is 13.5 Å². The minimum atomic E-state index is -2.89. The van der Waals surface area contributed by atoms with Gasteiger partial charge in [0, 0.05) is 0 Å². The minimum absolute atomic E-state index is 0.519.